The molecule has 3 atom stereocenters. The van der Waals surface area contributed by atoms with Gasteiger partial charge in [0.25, 0.3) is 0 Å². The Bertz CT molecular complexity index is 487. The van der Waals surface area contributed by atoms with Crippen LogP contribution >= 0.6 is 0 Å². The molecule has 0 bridgehead atoms. The molecule has 1 aromatic carbocycles. The van der Waals surface area contributed by atoms with E-state index in [0.29, 0.717) is 18.4 Å². The van der Waals surface area contributed by atoms with Gasteiger partial charge in [0.05, 0.1) is 6.04 Å². The van der Waals surface area contributed by atoms with Crippen molar-refractivity contribution < 1.29 is 9.90 Å². The molecule has 5 heteroatoms. The highest BCUT2D eigenvalue weighted by molar-refractivity contribution is 5.82. The molecule has 0 aromatic heterocycles. The van der Waals surface area contributed by atoms with E-state index >= 15 is 0 Å². The van der Waals surface area contributed by atoms with Crippen molar-refractivity contribution in [1.29, 1.82) is 0 Å². The first-order chi connectivity index (χ1) is 9.88. The molecule has 0 saturated carbocycles. The first-order valence-electron chi connectivity index (χ1n) is 7.37. The average Bonchev–Trinajstić information content (AvgIpc) is 2.82. The normalized spacial score (nSPS) is 23.6. The number of hydrogen-bond acceptors (Lipinski definition) is 4. The largest absolute Gasteiger partial charge is 0.508 e. The van der Waals surface area contributed by atoms with Crippen LogP contribution in [0.25, 0.3) is 0 Å². The van der Waals surface area contributed by atoms with E-state index in [0.717, 1.165) is 18.7 Å². The maximum atomic E-state index is 12.5. The Kier molecular flexibility index (Phi) is 4.85. The van der Waals surface area contributed by atoms with Gasteiger partial charge in [0, 0.05) is 19.1 Å². The minimum atomic E-state index is -0.525. The quantitative estimate of drug-likeness (QED) is 0.855. The van der Waals surface area contributed by atoms with Crippen LogP contribution in [0.4, 0.5) is 0 Å². The van der Waals surface area contributed by atoms with Gasteiger partial charge >= 0.3 is 0 Å². The number of likely N-dealkylation sites (tertiary alicyclic amines) is 1. The summed E-state index contributed by atoms with van der Waals surface area (Å²) >= 11 is 0. The Hall–Kier alpha value is -1.59. The second-order valence-electron chi connectivity index (χ2n) is 6.23. The maximum absolute atomic E-state index is 12.5. The standard InChI is InChI=1S/C16H25N3O2/c1-11-9-19(10-15(11)18(2)3)16(21)14(17)8-12-4-6-13(20)7-5-12/h4-7,11,14-15,20H,8-10,17H2,1-3H3. The number of carbonyl (C=O) groups is 1. The highest BCUT2D eigenvalue weighted by Crippen LogP contribution is 2.21. The van der Waals surface area contributed by atoms with Crippen LogP contribution in [-0.2, 0) is 11.2 Å². The van der Waals surface area contributed by atoms with Gasteiger partial charge in [-0.05, 0) is 44.1 Å². The molecule has 21 heavy (non-hydrogen) atoms. The van der Waals surface area contributed by atoms with E-state index in [-0.39, 0.29) is 11.7 Å². The zero-order valence-corrected chi connectivity index (χ0v) is 13.0. The van der Waals surface area contributed by atoms with Crippen LogP contribution in [0.3, 0.4) is 0 Å². The first-order valence-corrected chi connectivity index (χ1v) is 7.37. The van der Waals surface area contributed by atoms with E-state index in [4.69, 9.17) is 5.73 Å². The summed E-state index contributed by atoms with van der Waals surface area (Å²) in [6.07, 6.45) is 0.497. The van der Waals surface area contributed by atoms with Crippen LogP contribution in [0.15, 0.2) is 24.3 Å². The molecular formula is C16H25N3O2. The smallest absolute Gasteiger partial charge is 0.239 e. The number of carbonyl (C=O) groups excluding carboxylic acids is 1. The third-order valence-electron chi connectivity index (χ3n) is 4.26. The van der Waals surface area contributed by atoms with E-state index in [1.165, 1.54) is 0 Å². The van der Waals surface area contributed by atoms with Gasteiger partial charge < -0.3 is 20.6 Å². The second-order valence-corrected chi connectivity index (χ2v) is 6.23. The van der Waals surface area contributed by atoms with E-state index in [2.05, 4.69) is 11.8 Å². The summed E-state index contributed by atoms with van der Waals surface area (Å²) in [5.74, 6) is 0.699. The molecule has 5 nitrogen and oxygen atoms in total. The summed E-state index contributed by atoms with van der Waals surface area (Å²) in [4.78, 5) is 16.5. The predicted molar refractivity (Wildman–Crippen MR) is 83.0 cm³/mol. The van der Waals surface area contributed by atoms with Gasteiger partial charge in [-0.15, -0.1) is 0 Å². The maximum Gasteiger partial charge on any atom is 0.239 e. The van der Waals surface area contributed by atoms with Crippen molar-refractivity contribution in [2.45, 2.75) is 25.4 Å². The molecule has 1 fully saturated rings. The highest BCUT2D eigenvalue weighted by atomic mass is 16.3. The molecule has 1 aliphatic rings. The van der Waals surface area contributed by atoms with Crippen LogP contribution < -0.4 is 5.73 Å². The van der Waals surface area contributed by atoms with Gasteiger partial charge in [0.1, 0.15) is 5.75 Å². The van der Waals surface area contributed by atoms with Crippen molar-refractivity contribution in [3.05, 3.63) is 29.8 Å². The third-order valence-corrected chi connectivity index (χ3v) is 4.26. The SMILES string of the molecule is CC1CN(C(=O)C(N)Cc2ccc(O)cc2)CC1N(C)C. The molecule has 1 aliphatic heterocycles. The fourth-order valence-electron chi connectivity index (χ4n) is 3.01. The van der Waals surface area contributed by atoms with Crippen molar-refractivity contribution >= 4 is 5.91 Å². The third kappa shape index (κ3) is 3.74. The lowest BCUT2D eigenvalue weighted by Crippen LogP contribution is -2.45. The van der Waals surface area contributed by atoms with Gasteiger partial charge in [-0.25, -0.2) is 0 Å². The van der Waals surface area contributed by atoms with Crippen molar-refractivity contribution in [2.24, 2.45) is 11.7 Å². The van der Waals surface area contributed by atoms with Gasteiger partial charge in [0.2, 0.25) is 5.91 Å². The molecule has 1 heterocycles. The molecule has 0 aliphatic carbocycles. The number of phenolic OH excluding ortho intramolecular Hbond substituents is 1. The van der Waals surface area contributed by atoms with Crippen LogP contribution in [0.2, 0.25) is 0 Å². The molecule has 0 radical (unpaired) electrons. The van der Waals surface area contributed by atoms with E-state index in [1.54, 1.807) is 24.3 Å². The summed E-state index contributed by atoms with van der Waals surface area (Å²) < 4.78 is 0. The number of hydrogen-bond donors (Lipinski definition) is 2. The van der Waals surface area contributed by atoms with Crippen LogP contribution in [-0.4, -0.2) is 60.1 Å². The van der Waals surface area contributed by atoms with Crippen molar-refractivity contribution in [1.82, 2.24) is 9.80 Å². The van der Waals surface area contributed by atoms with Crippen LogP contribution in [0.5, 0.6) is 5.75 Å². The number of amides is 1. The highest BCUT2D eigenvalue weighted by Gasteiger charge is 2.35. The van der Waals surface area contributed by atoms with Crippen molar-refractivity contribution in [3.8, 4) is 5.75 Å². The fourth-order valence-corrected chi connectivity index (χ4v) is 3.01. The molecule has 2 rings (SSSR count). The molecule has 1 saturated heterocycles. The van der Waals surface area contributed by atoms with E-state index in [1.807, 2.05) is 19.0 Å². The molecule has 3 unspecified atom stereocenters. The summed E-state index contributed by atoms with van der Waals surface area (Å²) in [5, 5.41) is 9.27. The molecule has 1 aromatic rings. The molecule has 1 amide bonds. The van der Waals surface area contributed by atoms with Gasteiger partial charge in [0.15, 0.2) is 0 Å². The molecule has 116 valence electrons. The topological polar surface area (TPSA) is 69.8 Å². The van der Waals surface area contributed by atoms with Crippen LogP contribution in [0, 0.1) is 5.92 Å². The fraction of sp³-hybridized carbons (Fsp3) is 0.562. The van der Waals surface area contributed by atoms with Crippen molar-refractivity contribution in [2.75, 3.05) is 27.2 Å². The summed E-state index contributed by atoms with van der Waals surface area (Å²) in [7, 11) is 4.09. The first kappa shape index (κ1) is 15.8. The lowest BCUT2D eigenvalue weighted by molar-refractivity contribution is -0.131. The number of nitrogens with zero attached hydrogens (tertiary/aromatic N) is 2. The number of phenols is 1. The van der Waals surface area contributed by atoms with E-state index < -0.39 is 6.04 Å². The molecule has 0 spiro atoms. The summed E-state index contributed by atoms with van der Waals surface area (Å²) in [6.45, 7) is 3.69. The molecular weight excluding hydrogens is 266 g/mol. The number of aromatic hydroxyl groups is 1. The number of rotatable bonds is 4. The number of likely N-dealkylation sites (N-methyl/N-ethyl adjacent to an activating group) is 1. The lowest BCUT2D eigenvalue weighted by atomic mass is 10.1. The Balaban J connectivity index is 1.95. The minimum Gasteiger partial charge on any atom is -0.508 e. The second kappa shape index (κ2) is 6.45. The Morgan fingerprint density at radius 1 is 1.38 bits per heavy atom. The monoisotopic (exact) mass is 291 g/mol. The van der Waals surface area contributed by atoms with E-state index in [9.17, 15) is 9.90 Å². The summed E-state index contributed by atoms with van der Waals surface area (Å²) in [6, 6.07) is 6.71. The Morgan fingerprint density at radius 3 is 2.52 bits per heavy atom. The van der Waals surface area contributed by atoms with Crippen LogP contribution in [0.1, 0.15) is 12.5 Å². The van der Waals surface area contributed by atoms with Gasteiger partial charge in [-0.1, -0.05) is 19.1 Å². The van der Waals surface area contributed by atoms with Crippen molar-refractivity contribution in [3.63, 3.8) is 0 Å². The Morgan fingerprint density at radius 2 is 2.00 bits per heavy atom. The number of nitrogens with two attached hydrogens (primary N) is 1. The zero-order valence-electron chi connectivity index (χ0n) is 13.0. The minimum absolute atomic E-state index is 0.0132. The lowest BCUT2D eigenvalue weighted by Gasteiger charge is -2.23. The zero-order chi connectivity index (χ0) is 15.6. The Labute approximate surface area is 126 Å². The van der Waals surface area contributed by atoms with Gasteiger partial charge in [-0.2, -0.15) is 0 Å². The van der Waals surface area contributed by atoms with Gasteiger partial charge in [-0.3, -0.25) is 4.79 Å². The summed E-state index contributed by atoms with van der Waals surface area (Å²) in [5.41, 5.74) is 7.03. The average molecular weight is 291 g/mol. The number of benzene rings is 1. The predicted octanol–water partition coefficient (Wildman–Crippen LogP) is 0.670. The molecule has 3 N–H and O–H groups in total.